The van der Waals surface area contributed by atoms with Gasteiger partial charge in [-0.05, 0) is 30.9 Å². The van der Waals surface area contributed by atoms with Crippen LogP contribution in [0.2, 0.25) is 0 Å². The number of carbonyl (C=O) groups excluding carboxylic acids is 1. The standard InChI is InChI=1S/C24H25F2N7O/c1-3-18-20(32-13-14(2)11-28-24(32)29-18)23(34)27-12-15-4-6-16(7-5-15)22-30-19-10-17(21(25)26)8-9-33(19)31-22/h4-7,11,13,17,21H,3,8-10,12H2,1-2H3,(H,27,34). The minimum Gasteiger partial charge on any atom is -0.347 e. The molecule has 0 saturated heterocycles. The number of alkyl halides is 2. The highest BCUT2D eigenvalue weighted by Crippen LogP contribution is 2.26. The first-order valence-corrected chi connectivity index (χ1v) is 11.4. The first-order chi connectivity index (χ1) is 16.4. The van der Waals surface area contributed by atoms with Gasteiger partial charge < -0.3 is 5.32 Å². The molecule has 8 nitrogen and oxygen atoms in total. The zero-order valence-electron chi connectivity index (χ0n) is 19.0. The zero-order valence-corrected chi connectivity index (χ0v) is 19.0. The molecule has 0 bridgehead atoms. The van der Waals surface area contributed by atoms with E-state index in [0.717, 1.165) is 16.7 Å². The first kappa shape index (κ1) is 22.1. The van der Waals surface area contributed by atoms with Crippen LogP contribution in [0.5, 0.6) is 0 Å². The lowest BCUT2D eigenvalue weighted by Gasteiger charge is -2.20. The molecule has 0 fully saturated rings. The van der Waals surface area contributed by atoms with E-state index in [1.165, 1.54) is 0 Å². The van der Waals surface area contributed by atoms with Crippen LogP contribution >= 0.6 is 0 Å². The highest BCUT2D eigenvalue weighted by molar-refractivity contribution is 5.94. The van der Waals surface area contributed by atoms with Crippen molar-refractivity contribution in [2.45, 2.75) is 52.6 Å². The van der Waals surface area contributed by atoms with E-state index < -0.39 is 12.3 Å². The van der Waals surface area contributed by atoms with Gasteiger partial charge in [-0.25, -0.2) is 28.4 Å². The number of benzene rings is 1. The van der Waals surface area contributed by atoms with E-state index >= 15 is 0 Å². The number of imidazole rings is 1. The first-order valence-electron chi connectivity index (χ1n) is 11.4. The minimum atomic E-state index is -2.34. The van der Waals surface area contributed by atoms with Crippen LogP contribution in [0.4, 0.5) is 8.78 Å². The topological polar surface area (TPSA) is 90.0 Å². The number of aryl methyl sites for hydroxylation is 3. The van der Waals surface area contributed by atoms with E-state index in [2.05, 4.69) is 25.4 Å². The van der Waals surface area contributed by atoms with Crippen LogP contribution in [0, 0.1) is 12.8 Å². The molecule has 1 aliphatic heterocycles. The van der Waals surface area contributed by atoms with E-state index in [1.54, 1.807) is 15.3 Å². The van der Waals surface area contributed by atoms with Crippen LogP contribution < -0.4 is 5.32 Å². The molecule has 0 aliphatic carbocycles. The maximum atomic E-state index is 13.0. The average Bonchev–Trinajstić information content (AvgIpc) is 3.43. The molecule has 1 atom stereocenters. The maximum absolute atomic E-state index is 13.0. The third kappa shape index (κ3) is 4.15. The quantitative estimate of drug-likeness (QED) is 0.470. The van der Waals surface area contributed by atoms with Gasteiger partial charge in [0.1, 0.15) is 11.5 Å². The lowest BCUT2D eigenvalue weighted by atomic mass is 9.99. The maximum Gasteiger partial charge on any atom is 0.270 e. The van der Waals surface area contributed by atoms with Crippen molar-refractivity contribution in [3.8, 4) is 11.4 Å². The molecule has 4 heterocycles. The molecule has 10 heteroatoms. The van der Waals surface area contributed by atoms with E-state index in [4.69, 9.17) is 0 Å². The van der Waals surface area contributed by atoms with Crippen LogP contribution in [0.25, 0.3) is 17.2 Å². The SMILES string of the molecule is CCc1nc2ncc(C)cn2c1C(=O)NCc1ccc(-c2nc3n(n2)CCC(C(F)F)C3)cc1. The molecule has 1 N–H and O–H groups in total. The summed E-state index contributed by atoms with van der Waals surface area (Å²) in [5, 5.41) is 7.45. The number of carbonyl (C=O) groups is 1. The Morgan fingerprint density at radius 1 is 1.24 bits per heavy atom. The van der Waals surface area contributed by atoms with Crippen LogP contribution in [0.1, 0.15) is 46.5 Å². The zero-order chi connectivity index (χ0) is 23.8. The van der Waals surface area contributed by atoms with Gasteiger partial charge in [-0.15, -0.1) is 0 Å². The van der Waals surface area contributed by atoms with Gasteiger partial charge in [0.05, 0.1) is 5.69 Å². The predicted octanol–water partition coefficient (Wildman–Crippen LogP) is 3.62. The van der Waals surface area contributed by atoms with Gasteiger partial charge in [0.2, 0.25) is 12.2 Å². The second-order valence-corrected chi connectivity index (χ2v) is 8.60. The van der Waals surface area contributed by atoms with Crippen molar-refractivity contribution in [1.82, 2.24) is 34.4 Å². The number of fused-ring (bicyclic) bond motifs is 2. The summed E-state index contributed by atoms with van der Waals surface area (Å²) in [7, 11) is 0. The lowest BCUT2D eigenvalue weighted by Crippen LogP contribution is -2.25. The third-order valence-corrected chi connectivity index (χ3v) is 6.16. The van der Waals surface area contributed by atoms with Crippen molar-refractivity contribution in [2.24, 2.45) is 5.92 Å². The number of hydrogen-bond acceptors (Lipinski definition) is 5. The molecule has 4 aromatic rings. The van der Waals surface area contributed by atoms with Crippen LogP contribution in [-0.2, 0) is 25.9 Å². The van der Waals surface area contributed by atoms with Crippen molar-refractivity contribution in [1.29, 1.82) is 0 Å². The molecule has 0 spiro atoms. The highest BCUT2D eigenvalue weighted by Gasteiger charge is 2.28. The summed E-state index contributed by atoms with van der Waals surface area (Å²) in [4.78, 5) is 26.2. The Morgan fingerprint density at radius 3 is 2.76 bits per heavy atom. The summed E-state index contributed by atoms with van der Waals surface area (Å²) in [6.45, 7) is 4.68. The fourth-order valence-corrected chi connectivity index (χ4v) is 4.27. The molecule has 1 unspecified atom stereocenters. The Balaban J connectivity index is 1.28. The Bertz CT molecular complexity index is 1340. The number of halogens is 2. The summed E-state index contributed by atoms with van der Waals surface area (Å²) in [5.41, 5.74) is 3.87. The molecule has 1 amide bonds. The predicted molar refractivity (Wildman–Crippen MR) is 122 cm³/mol. The number of nitrogens with one attached hydrogen (secondary N) is 1. The van der Waals surface area contributed by atoms with Crippen LogP contribution in [0.15, 0.2) is 36.7 Å². The van der Waals surface area contributed by atoms with Crippen molar-refractivity contribution >= 4 is 11.7 Å². The smallest absolute Gasteiger partial charge is 0.270 e. The van der Waals surface area contributed by atoms with Crippen molar-refractivity contribution in [3.63, 3.8) is 0 Å². The van der Waals surface area contributed by atoms with Crippen molar-refractivity contribution in [2.75, 3.05) is 0 Å². The third-order valence-electron chi connectivity index (χ3n) is 6.16. The van der Waals surface area contributed by atoms with Gasteiger partial charge in [-0.3, -0.25) is 9.20 Å². The van der Waals surface area contributed by atoms with Crippen molar-refractivity contribution in [3.05, 3.63) is 65.0 Å². The number of aromatic nitrogens is 6. The van der Waals surface area contributed by atoms with Gasteiger partial charge in [-0.2, -0.15) is 5.10 Å². The second-order valence-electron chi connectivity index (χ2n) is 8.60. The number of hydrogen-bond donors (Lipinski definition) is 1. The van der Waals surface area contributed by atoms with Gasteiger partial charge in [0, 0.05) is 43.4 Å². The van der Waals surface area contributed by atoms with E-state index in [-0.39, 0.29) is 12.3 Å². The van der Waals surface area contributed by atoms with Crippen LogP contribution in [-0.4, -0.2) is 41.5 Å². The lowest BCUT2D eigenvalue weighted by molar-refractivity contribution is 0.0608. The van der Waals surface area contributed by atoms with Gasteiger partial charge in [-0.1, -0.05) is 31.2 Å². The van der Waals surface area contributed by atoms with E-state index in [1.807, 2.05) is 44.3 Å². The molecule has 176 valence electrons. The number of rotatable bonds is 6. The van der Waals surface area contributed by atoms with Gasteiger partial charge >= 0.3 is 0 Å². The molecule has 5 rings (SSSR count). The highest BCUT2D eigenvalue weighted by atomic mass is 19.3. The monoisotopic (exact) mass is 465 g/mol. The largest absolute Gasteiger partial charge is 0.347 e. The summed E-state index contributed by atoms with van der Waals surface area (Å²) in [5.74, 6) is 0.773. The van der Waals surface area contributed by atoms with Crippen LogP contribution in [0.3, 0.4) is 0 Å². The molecule has 1 aromatic carbocycles. The normalized spacial score (nSPS) is 15.6. The minimum absolute atomic E-state index is 0.210. The Morgan fingerprint density at radius 2 is 2.03 bits per heavy atom. The number of amides is 1. The Hall–Kier alpha value is -3.69. The summed E-state index contributed by atoms with van der Waals surface area (Å²) in [6, 6.07) is 7.57. The van der Waals surface area contributed by atoms with Crippen molar-refractivity contribution < 1.29 is 13.6 Å². The Labute approximate surface area is 195 Å². The van der Waals surface area contributed by atoms with Gasteiger partial charge in [0.25, 0.3) is 5.91 Å². The van der Waals surface area contributed by atoms with E-state index in [0.29, 0.717) is 54.7 Å². The number of nitrogens with zero attached hydrogens (tertiary/aromatic N) is 6. The molecule has 34 heavy (non-hydrogen) atoms. The summed E-state index contributed by atoms with van der Waals surface area (Å²) in [6.07, 6.45) is 2.53. The molecule has 1 aliphatic rings. The fraction of sp³-hybridized carbons (Fsp3) is 0.375. The Kier molecular flexibility index (Phi) is 5.80. The molecular weight excluding hydrogens is 440 g/mol. The summed E-state index contributed by atoms with van der Waals surface area (Å²) >= 11 is 0. The summed E-state index contributed by atoms with van der Waals surface area (Å²) < 4.78 is 29.6. The molecule has 0 saturated carbocycles. The second kappa shape index (κ2) is 8.92. The average molecular weight is 466 g/mol. The molecular formula is C24H25F2N7O. The molecule has 0 radical (unpaired) electrons. The van der Waals surface area contributed by atoms with E-state index in [9.17, 15) is 13.6 Å². The van der Waals surface area contributed by atoms with Gasteiger partial charge in [0.15, 0.2) is 5.82 Å². The molecule has 3 aromatic heterocycles. The fourth-order valence-electron chi connectivity index (χ4n) is 4.27.